The van der Waals surface area contributed by atoms with Crippen molar-refractivity contribution in [1.29, 1.82) is 0 Å². The number of carbonyl (C=O) groups excluding carboxylic acids is 1. The molecule has 2 N–H and O–H groups in total. The molecule has 3 aromatic rings. The molecule has 0 atom stereocenters. The van der Waals surface area contributed by atoms with Gasteiger partial charge in [0.15, 0.2) is 5.82 Å². The van der Waals surface area contributed by atoms with Crippen LogP contribution in [-0.2, 0) is 11.3 Å². The van der Waals surface area contributed by atoms with E-state index >= 15 is 0 Å². The highest BCUT2D eigenvalue weighted by Gasteiger charge is 2.17. The Morgan fingerprint density at radius 3 is 2.50 bits per heavy atom. The molecule has 0 bridgehead atoms. The molecular formula is C20H23N5O2S. The van der Waals surface area contributed by atoms with Crippen LogP contribution in [0.5, 0.6) is 5.75 Å². The van der Waals surface area contributed by atoms with Crippen LogP contribution in [0.25, 0.3) is 11.4 Å². The highest BCUT2D eigenvalue weighted by molar-refractivity contribution is 7.99. The molecule has 0 fully saturated rings. The molecule has 1 aromatic heterocycles. The maximum atomic E-state index is 12.6. The smallest absolute Gasteiger partial charge is 0.233 e. The van der Waals surface area contributed by atoms with Crippen molar-refractivity contribution in [3.63, 3.8) is 0 Å². The number of nitrogens with zero attached hydrogens (tertiary/aromatic N) is 4. The number of rotatable bonds is 8. The fraction of sp³-hybridized carbons (Fsp3) is 0.250. The minimum Gasteiger partial charge on any atom is -0.497 e. The van der Waals surface area contributed by atoms with Crippen molar-refractivity contribution in [1.82, 2.24) is 19.8 Å². The Morgan fingerprint density at radius 2 is 1.86 bits per heavy atom. The van der Waals surface area contributed by atoms with Crippen molar-refractivity contribution >= 4 is 17.7 Å². The number of hydrogen-bond acceptors (Lipinski definition) is 6. The molecule has 28 heavy (non-hydrogen) atoms. The summed E-state index contributed by atoms with van der Waals surface area (Å²) in [7, 11) is 1.61. The number of thioether (sulfide) groups is 1. The van der Waals surface area contributed by atoms with Crippen molar-refractivity contribution in [2.45, 2.75) is 18.6 Å². The number of amides is 1. The van der Waals surface area contributed by atoms with E-state index in [-0.39, 0.29) is 11.7 Å². The summed E-state index contributed by atoms with van der Waals surface area (Å²) >= 11 is 1.28. The lowest BCUT2D eigenvalue weighted by Crippen LogP contribution is -2.31. The van der Waals surface area contributed by atoms with E-state index in [9.17, 15) is 4.79 Å². The zero-order valence-electron chi connectivity index (χ0n) is 15.9. The Morgan fingerprint density at radius 1 is 1.14 bits per heavy atom. The van der Waals surface area contributed by atoms with Crippen molar-refractivity contribution in [2.24, 2.45) is 0 Å². The molecule has 0 aliphatic heterocycles. The number of carbonyl (C=O) groups is 1. The number of nitrogens with two attached hydrogens (primary N) is 1. The fourth-order valence-electron chi connectivity index (χ4n) is 2.71. The topological polar surface area (TPSA) is 86.3 Å². The quantitative estimate of drug-likeness (QED) is 0.465. The summed E-state index contributed by atoms with van der Waals surface area (Å²) in [5.41, 5.74) is 1.93. The number of aromatic nitrogens is 3. The van der Waals surface area contributed by atoms with Crippen LogP contribution >= 0.6 is 11.8 Å². The first kappa shape index (κ1) is 19.8. The molecule has 7 nitrogen and oxygen atoms in total. The summed E-state index contributed by atoms with van der Waals surface area (Å²) in [6.45, 7) is 3.20. The van der Waals surface area contributed by atoms with Crippen LogP contribution in [0.15, 0.2) is 59.8 Å². The van der Waals surface area contributed by atoms with Gasteiger partial charge in [-0.2, -0.15) is 0 Å². The van der Waals surface area contributed by atoms with Gasteiger partial charge < -0.3 is 15.5 Å². The van der Waals surface area contributed by atoms with E-state index in [1.54, 1.807) is 7.11 Å². The van der Waals surface area contributed by atoms with Crippen molar-refractivity contribution in [3.05, 3.63) is 60.2 Å². The summed E-state index contributed by atoms with van der Waals surface area (Å²) in [6, 6.07) is 17.3. The molecule has 0 aliphatic rings. The largest absolute Gasteiger partial charge is 0.497 e. The molecule has 3 rings (SSSR count). The average Bonchev–Trinajstić information content (AvgIpc) is 3.11. The van der Waals surface area contributed by atoms with Gasteiger partial charge in [0, 0.05) is 18.7 Å². The maximum absolute atomic E-state index is 12.6. The fourth-order valence-corrected chi connectivity index (χ4v) is 3.47. The first-order valence-corrected chi connectivity index (χ1v) is 9.90. The van der Waals surface area contributed by atoms with Gasteiger partial charge >= 0.3 is 0 Å². The van der Waals surface area contributed by atoms with Crippen molar-refractivity contribution < 1.29 is 9.53 Å². The lowest BCUT2D eigenvalue weighted by atomic mass is 10.2. The normalized spacial score (nSPS) is 10.6. The number of hydrogen-bond donors (Lipinski definition) is 1. The summed E-state index contributed by atoms with van der Waals surface area (Å²) in [5, 5.41) is 8.77. The van der Waals surface area contributed by atoms with Gasteiger partial charge in [-0.3, -0.25) is 4.79 Å². The second kappa shape index (κ2) is 9.27. The highest BCUT2D eigenvalue weighted by Crippen LogP contribution is 2.23. The third-order valence-corrected chi connectivity index (χ3v) is 5.22. The molecule has 1 amide bonds. The molecule has 0 spiro atoms. The minimum atomic E-state index is 0.0327. The predicted molar refractivity (Wildman–Crippen MR) is 110 cm³/mol. The molecule has 0 saturated carbocycles. The maximum Gasteiger partial charge on any atom is 0.233 e. The Bertz CT molecular complexity index is 912. The molecule has 8 heteroatoms. The first-order chi connectivity index (χ1) is 13.6. The molecule has 1 heterocycles. The van der Waals surface area contributed by atoms with Crippen molar-refractivity contribution in [2.75, 3.05) is 25.3 Å². The first-order valence-electron chi connectivity index (χ1n) is 8.91. The Balaban J connectivity index is 1.63. The molecule has 146 valence electrons. The summed E-state index contributed by atoms with van der Waals surface area (Å²) in [4.78, 5) is 14.4. The molecule has 0 unspecified atom stereocenters. The van der Waals surface area contributed by atoms with Crippen LogP contribution < -0.4 is 10.6 Å². The van der Waals surface area contributed by atoms with Crippen molar-refractivity contribution in [3.8, 4) is 17.1 Å². The van der Waals surface area contributed by atoms with Gasteiger partial charge in [-0.1, -0.05) is 42.1 Å². The monoisotopic (exact) mass is 397 g/mol. The Labute approximate surface area is 168 Å². The molecule has 0 saturated heterocycles. The summed E-state index contributed by atoms with van der Waals surface area (Å²) in [5.74, 6) is 7.71. The summed E-state index contributed by atoms with van der Waals surface area (Å²) < 4.78 is 6.57. The molecular weight excluding hydrogens is 374 g/mol. The van der Waals surface area contributed by atoms with Gasteiger partial charge in [0.2, 0.25) is 11.1 Å². The zero-order chi connectivity index (χ0) is 19.9. The number of benzene rings is 2. The second-order valence-electron chi connectivity index (χ2n) is 6.09. The van der Waals surface area contributed by atoms with E-state index in [1.165, 1.54) is 16.4 Å². The Hall–Kier alpha value is -3.00. The van der Waals surface area contributed by atoms with Gasteiger partial charge in [0.1, 0.15) is 5.75 Å². The van der Waals surface area contributed by atoms with Gasteiger partial charge in [-0.25, -0.2) is 4.68 Å². The molecule has 0 radical (unpaired) electrons. The summed E-state index contributed by atoms with van der Waals surface area (Å²) in [6.07, 6.45) is 0. The van der Waals surface area contributed by atoms with E-state index in [0.717, 1.165) is 16.9 Å². The van der Waals surface area contributed by atoms with E-state index < -0.39 is 0 Å². The lowest BCUT2D eigenvalue weighted by Gasteiger charge is -2.20. The highest BCUT2D eigenvalue weighted by atomic mass is 32.2. The minimum absolute atomic E-state index is 0.0327. The van der Waals surface area contributed by atoms with E-state index in [1.807, 2.05) is 66.4 Å². The SMILES string of the molecule is CCN(Cc1ccccc1)C(=O)CSc1nnc(-c2ccc(OC)cc2)n1N. The standard InChI is InChI=1S/C20H23N5O2S/c1-3-24(13-15-7-5-4-6-8-15)18(26)14-28-20-23-22-19(25(20)21)16-9-11-17(27-2)12-10-16/h4-12H,3,13-14,21H2,1-2H3. The van der Waals surface area contributed by atoms with E-state index in [0.29, 0.717) is 24.1 Å². The third-order valence-electron chi connectivity index (χ3n) is 4.29. The van der Waals surface area contributed by atoms with Crippen LogP contribution in [-0.4, -0.2) is 45.1 Å². The predicted octanol–water partition coefficient (Wildman–Crippen LogP) is 2.81. The average molecular weight is 398 g/mol. The van der Waals surface area contributed by atoms with Gasteiger partial charge in [0.25, 0.3) is 0 Å². The number of methoxy groups -OCH3 is 1. The van der Waals surface area contributed by atoms with E-state index in [4.69, 9.17) is 10.6 Å². The second-order valence-corrected chi connectivity index (χ2v) is 7.03. The van der Waals surface area contributed by atoms with Gasteiger partial charge in [-0.15, -0.1) is 10.2 Å². The Kier molecular flexibility index (Phi) is 6.54. The molecule has 0 aliphatic carbocycles. The zero-order valence-corrected chi connectivity index (χ0v) is 16.7. The van der Waals surface area contributed by atoms with Gasteiger partial charge in [0.05, 0.1) is 12.9 Å². The van der Waals surface area contributed by atoms with Gasteiger partial charge in [-0.05, 0) is 36.8 Å². The number of ether oxygens (including phenoxy) is 1. The van der Waals surface area contributed by atoms with Crippen LogP contribution in [0.4, 0.5) is 0 Å². The number of nitrogen functional groups attached to an aromatic ring is 1. The lowest BCUT2D eigenvalue weighted by molar-refractivity contribution is -0.128. The van der Waals surface area contributed by atoms with Crippen LogP contribution in [0.3, 0.4) is 0 Å². The van der Waals surface area contributed by atoms with Crippen LogP contribution in [0, 0.1) is 0 Å². The third kappa shape index (κ3) is 4.64. The van der Waals surface area contributed by atoms with E-state index in [2.05, 4.69) is 10.2 Å². The van der Waals surface area contributed by atoms with Crippen LogP contribution in [0.1, 0.15) is 12.5 Å². The molecule has 2 aromatic carbocycles. The van der Waals surface area contributed by atoms with Crippen LogP contribution in [0.2, 0.25) is 0 Å².